The number of unbranched alkanes of at least 4 members (excludes halogenated alkanes) is 1. The molecule has 2 rings (SSSR count). The van der Waals surface area contributed by atoms with Gasteiger partial charge < -0.3 is 9.64 Å². The SMILES string of the molecule is CC(=O)c1cccc(OCCCCN2CC(C)CC(C)C2)c1.Cl. The van der Waals surface area contributed by atoms with Crippen molar-refractivity contribution >= 4 is 18.2 Å². The Hall–Kier alpha value is -1.06. The van der Waals surface area contributed by atoms with Crippen LogP contribution in [0.2, 0.25) is 0 Å². The van der Waals surface area contributed by atoms with Gasteiger partial charge in [0.1, 0.15) is 5.75 Å². The Bertz CT molecular complexity index is 482. The summed E-state index contributed by atoms with van der Waals surface area (Å²) in [5, 5.41) is 0. The van der Waals surface area contributed by atoms with Crippen molar-refractivity contribution < 1.29 is 9.53 Å². The molecule has 1 aromatic rings. The second-order valence-electron chi connectivity index (χ2n) is 6.85. The number of rotatable bonds is 7. The molecule has 0 saturated carbocycles. The highest BCUT2D eigenvalue weighted by molar-refractivity contribution is 5.94. The molecule has 0 aromatic heterocycles. The van der Waals surface area contributed by atoms with E-state index in [-0.39, 0.29) is 18.2 Å². The van der Waals surface area contributed by atoms with Crippen LogP contribution in [0.15, 0.2) is 24.3 Å². The number of ketones is 1. The number of carbonyl (C=O) groups is 1. The van der Waals surface area contributed by atoms with Gasteiger partial charge in [-0.2, -0.15) is 0 Å². The van der Waals surface area contributed by atoms with Crippen LogP contribution < -0.4 is 4.74 Å². The number of hydrogen-bond acceptors (Lipinski definition) is 3. The molecule has 1 heterocycles. The molecule has 23 heavy (non-hydrogen) atoms. The minimum atomic E-state index is 0. The summed E-state index contributed by atoms with van der Waals surface area (Å²) in [6.07, 6.45) is 3.60. The fourth-order valence-electron chi connectivity index (χ4n) is 3.41. The van der Waals surface area contributed by atoms with Crippen LogP contribution in [0.4, 0.5) is 0 Å². The number of likely N-dealkylation sites (tertiary alicyclic amines) is 1. The topological polar surface area (TPSA) is 29.5 Å². The first-order chi connectivity index (χ1) is 10.5. The van der Waals surface area contributed by atoms with E-state index in [2.05, 4.69) is 18.7 Å². The second kappa shape index (κ2) is 9.94. The number of hydrogen-bond donors (Lipinski definition) is 0. The molecule has 0 aliphatic carbocycles. The molecule has 1 saturated heterocycles. The standard InChI is InChI=1S/C19H29NO2.ClH/c1-15-11-16(2)14-20(13-15)9-4-5-10-22-19-8-6-7-18(12-19)17(3)21;/h6-8,12,15-16H,4-5,9-11,13-14H2,1-3H3;1H. The first-order valence-electron chi connectivity index (χ1n) is 8.50. The van der Waals surface area contributed by atoms with Crippen LogP contribution in [0.3, 0.4) is 0 Å². The van der Waals surface area contributed by atoms with Gasteiger partial charge in [-0.15, -0.1) is 12.4 Å². The summed E-state index contributed by atoms with van der Waals surface area (Å²) in [5.74, 6) is 2.54. The summed E-state index contributed by atoms with van der Waals surface area (Å²) < 4.78 is 5.76. The summed E-state index contributed by atoms with van der Waals surface area (Å²) in [6.45, 7) is 10.7. The van der Waals surface area contributed by atoms with Crippen LogP contribution >= 0.6 is 12.4 Å². The van der Waals surface area contributed by atoms with Crippen LogP contribution in [-0.4, -0.2) is 36.9 Å². The van der Waals surface area contributed by atoms with E-state index < -0.39 is 0 Å². The molecule has 2 unspecified atom stereocenters. The van der Waals surface area contributed by atoms with Crippen molar-refractivity contribution in [2.75, 3.05) is 26.2 Å². The van der Waals surface area contributed by atoms with E-state index in [4.69, 9.17) is 4.74 Å². The number of piperidine rings is 1. The normalized spacial score (nSPS) is 21.5. The maximum absolute atomic E-state index is 11.3. The number of benzene rings is 1. The maximum atomic E-state index is 11.3. The van der Waals surface area contributed by atoms with Gasteiger partial charge >= 0.3 is 0 Å². The van der Waals surface area contributed by atoms with Gasteiger partial charge in [-0.25, -0.2) is 0 Å². The van der Waals surface area contributed by atoms with Gasteiger partial charge in [0.25, 0.3) is 0 Å². The van der Waals surface area contributed by atoms with E-state index in [0.717, 1.165) is 30.6 Å². The zero-order valence-electron chi connectivity index (χ0n) is 14.6. The molecular formula is C19H30ClNO2. The Kier molecular flexibility index (Phi) is 8.64. The van der Waals surface area contributed by atoms with Crippen LogP contribution in [0.5, 0.6) is 5.75 Å². The van der Waals surface area contributed by atoms with Crippen molar-refractivity contribution in [3.05, 3.63) is 29.8 Å². The van der Waals surface area contributed by atoms with Gasteiger partial charge in [-0.05, 0) is 56.7 Å². The molecule has 4 heteroatoms. The molecule has 1 aromatic carbocycles. The van der Waals surface area contributed by atoms with Gasteiger partial charge in [0.15, 0.2) is 5.78 Å². The van der Waals surface area contributed by atoms with Crippen LogP contribution in [0.25, 0.3) is 0 Å². The zero-order valence-corrected chi connectivity index (χ0v) is 15.4. The van der Waals surface area contributed by atoms with Crippen molar-refractivity contribution in [3.8, 4) is 5.75 Å². The highest BCUT2D eigenvalue weighted by Crippen LogP contribution is 2.21. The van der Waals surface area contributed by atoms with E-state index >= 15 is 0 Å². The highest BCUT2D eigenvalue weighted by Gasteiger charge is 2.20. The Morgan fingerprint density at radius 1 is 1.22 bits per heavy atom. The number of nitrogens with zero attached hydrogens (tertiary/aromatic N) is 1. The Morgan fingerprint density at radius 2 is 1.91 bits per heavy atom. The van der Waals surface area contributed by atoms with E-state index in [1.165, 1.54) is 32.5 Å². The largest absolute Gasteiger partial charge is 0.494 e. The zero-order chi connectivity index (χ0) is 15.9. The molecular weight excluding hydrogens is 310 g/mol. The number of ether oxygens (including phenoxy) is 1. The fraction of sp³-hybridized carbons (Fsp3) is 0.632. The average Bonchev–Trinajstić information content (AvgIpc) is 2.46. The molecule has 130 valence electrons. The highest BCUT2D eigenvalue weighted by atomic mass is 35.5. The fourth-order valence-corrected chi connectivity index (χ4v) is 3.41. The number of Topliss-reactive ketones (excluding diaryl/α,β-unsaturated/α-hetero) is 1. The smallest absolute Gasteiger partial charge is 0.159 e. The number of halogens is 1. The van der Waals surface area contributed by atoms with Crippen molar-refractivity contribution in [2.45, 2.75) is 40.0 Å². The van der Waals surface area contributed by atoms with E-state index in [9.17, 15) is 4.79 Å². The Labute approximate surface area is 146 Å². The number of carbonyl (C=O) groups excluding carboxylic acids is 1. The van der Waals surface area contributed by atoms with Crippen molar-refractivity contribution in [1.29, 1.82) is 0 Å². The summed E-state index contributed by atoms with van der Waals surface area (Å²) in [7, 11) is 0. The lowest BCUT2D eigenvalue weighted by molar-refractivity contribution is 0.101. The van der Waals surface area contributed by atoms with Gasteiger partial charge in [-0.1, -0.05) is 26.0 Å². The molecule has 3 nitrogen and oxygen atoms in total. The lowest BCUT2D eigenvalue weighted by Gasteiger charge is -2.34. The van der Waals surface area contributed by atoms with Crippen molar-refractivity contribution in [2.24, 2.45) is 11.8 Å². The third-order valence-corrected chi connectivity index (χ3v) is 4.32. The predicted octanol–water partition coefficient (Wildman–Crippen LogP) is 4.45. The monoisotopic (exact) mass is 339 g/mol. The summed E-state index contributed by atoms with van der Waals surface area (Å²) >= 11 is 0. The Balaban J connectivity index is 0.00000264. The quantitative estimate of drug-likeness (QED) is 0.543. The first kappa shape index (κ1) is 20.0. The van der Waals surface area contributed by atoms with Gasteiger partial charge in [0, 0.05) is 18.7 Å². The average molecular weight is 340 g/mol. The van der Waals surface area contributed by atoms with Gasteiger partial charge in [-0.3, -0.25) is 4.79 Å². The van der Waals surface area contributed by atoms with E-state index in [1.807, 2.05) is 24.3 Å². The minimum absolute atomic E-state index is 0. The van der Waals surface area contributed by atoms with Crippen molar-refractivity contribution in [1.82, 2.24) is 4.90 Å². The minimum Gasteiger partial charge on any atom is -0.494 e. The van der Waals surface area contributed by atoms with Gasteiger partial charge in [0.2, 0.25) is 0 Å². The van der Waals surface area contributed by atoms with Crippen LogP contribution in [0, 0.1) is 11.8 Å². The molecule has 1 fully saturated rings. The van der Waals surface area contributed by atoms with E-state index in [1.54, 1.807) is 6.92 Å². The molecule has 0 radical (unpaired) electrons. The Morgan fingerprint density at radius 3 is 2.57 bits per heavy atom. The maximum Gasteiger partial charge on any atom is 0.159 e. The molecule has 0 N–H and O–H groups in total. The summed E-state index contributed by atoms with van der Waals surface area (Å²) in [4.78, 5) is 13.9. The molecule has 1 aliphatic rings. The van der Waals surface area contributed by atoms with Crippen molar-refractivity contribution in [3.63, 3.8) is 0 Å². The molecule has 0 spiro atoms. The summed E-state index contributed by atoms with van der Waals surface area (Å²) in [5.41, 5.74) is 0.716. The van der Waals surface area contributed by atoms with Gasteiger partial charge in [0.05, 0.1) is 6.61 Å². The molecule has 0 bridgehead atoms. The second-order valence-corrected chi connectivity index (χ2v) is 6.85. The predicted molar refractivity (Wildman–Crippen MR) is 97.8 cm³/mol. The van der Waals surface area contributed by atoms with Crippen LogP contribution in [0.1, 0.15) is 50.4 Å². The third-order valence-electron chi connectivity index (χ3n) is 4.32. The first-order valence-corrected chi connectivity index (χ1v) is 8.50. The van der Waals surface area contributed by atoms with Crippen LogP contribution in [-0.2, 0) is 0 Å². The lowest BCUT2D eigenvalue weighted by atomic mass is 9.92. The summed E-state index contributed by atoms with van der Waals surface area (Å²) in [6, 6.07) is 7.45. The van der Waals surface area contributed by atoms with E-state index in [0.29, 0.717) is 5.56 Å². The molecule has 2 atom stereocenters. The molecule has 1 aliphatic heterocycles. The molecule has 0 amide bonds. The third kappa shape index (κ3) is 6.92. The lowest BCUT2D eigenvalue weighted by Crippen LogP contribution is -2.39.